The minimum Gasteiger partial charge on any atom is -0.480 e. The lowest BCUT2D eigenvalue weighted by atomic mass is 10.2. The van der Waals surface area contributed by atoms with Gasteiger partial charge in [-0.05, 0) is 42.0 Å². The van der Waals surface area contributed by atoms with E-state index in [2.05, 4.69) is 10.3 Å². The van der Waals surface area contributed by atoms with Crippen molar-refractivity contribution in [2.75, 3.05) is 11.5 Å². The van der Waals surface area contributed by atoms with E-state index < -0.39 is 12.0 Å². The molecule has 1 rings (SSSR count). The first kappa shape index (κ1) is 15.5. The molecule has 0 aromatic carbocycles. The second-order valence-electron chi connectivity index (χ2n) is 4.10. The van der Waals surface area contributed by atoms with Crippen molar-refractivity contribution in [3.8, 4) is 0 Å². The molecule has 0 fully saturated rings. The van der Waals surface area contributed by atoms with Gasteiger partial charge in [0.2, 0.25) is 5.91 Å². The maximum atomic E-state index is 10.9. The van der Waals surface area contributed by atoms with Crippen LogP contribution in [0.5, 0.6) is 0 Å². The van der Waals surface area contributed by atoms with Gasteiger partial charge in [-0.2, -0.15) is 11.8 Å². The van der Waals surface area contributed by atoms with Gasteiger partial charge in [0.15, 0.2) is 0 Å². The van der Waals surface area contributed by atoms with Crippen molar-refractivity contribution in [2.24, 2.45) is 0 Å². The van der Waals surface area contributed by atoms with Crippen LogP contribution >= 0.6 is 11.8 Å². The molecule has 1 aromatic rings. The predicted molar refractivity (Wildman–Crippen MR) is 75.1 cm³/mol. The number of nitrogens with one attached hydrogen (secondary N) is 1. The van der Waals surface area contributed by atoms with E-state index in [0.717, 1.165) is 12.2 Å². The van der Waals surface area contributed by atoms with E-state index in [4.69, 9.17) is 5.11 Å². The number of hydrogen-bond acceptors (Lipinski definition) is 4. The van der Waals surface area contributed by atoms with Crippen molar-refractivity contribution in [2.45, 2.75) is 25.8 Å². The first-order valence-electron chi connectivity index (χ1n) is 6.06. The fraction of sp³-hybridized carbons (Fsp3) is 0.462. The first-order valence-corrected chi connectivity index (χ1v) is 7.21. The second-order valence-corrected chi connectivity index (χ2v) is 5.32. The number of carbonyl (C=O) groups excluding carboxylic acids is 1. The third-order valence-electron chi connectivity index (χ3n) is 2.51. The van der Waals surface area contributed by atoms with Gasteiger partial charge >= 0.3 is 5.97 Å². The lowest BCUT2D eigenvalue weighted by Crippen LogP contribution is -2.39. The first-order chi connectivity index (χ1) is 9.09. The molecule has 1 atom stereocenters. The van der Waals surface area contributed by atoms with Gasteiger partial charge in [0.1, 0.15) is 6.04 Å². The summed E-state index contributed by atoms with van der Waals surface area (Å²) in [4.78, 5) is 25.7. The molecule has 1 heterocycles. The average molecular weight is 282 g/mol. The van der Waals surface area contributed by atoms with Crippen LogP contribution in [0.3, 0.4) is 0 Å². The number of aromatic nitrogens is 1. The minimum absolute atomic E-state index is 0.311. The number of amides is 1. The molecular formula is C13H18N2O3S. The maximum Gasteiger partial charge on any atom is 0.326 e. The number of carbonyl (C=O) groups is 2. The van der Waals surface area contributed by atoms with Crippen LogP contribution in [0.4, 0.5) is 0 Å². The van der Waals surface area contributed by atoms with E-state index >= 15 is 0 Å². The zero-order valence-corrected chi connectivity index (χ0v) is 11.7. The molecule has 0 aliphatic carbocycles. The summed E-state index contributed by atoms with van der Waals surface area (Å²) in [5.74, 6) is 0.345. The summed E-state index contributed by atoms with van der Waals surface area (Å²) in [6, 6.07) is 3.15. The third kappa shape index (κ3) is 6.81. The predicted octanol–water partition coefficient (Wildman–Crippen LogP) is 1.34. The Morgan fingerprint density at radius 1 is 1.37 bits per heavy atom. The number of rotatable bonds is 8. The van der Waals surface area contributed by atoms with Gasteiger partial charge < -0.3 is 10.4 Å². The molecule has 0 aliphatic rings. The Hall–Kier alpha value is -1.56. The number of aliphatic carboxylic acids is 1. The van der Waals surface area contributed by atoms with E-state index in [1.807, 2.05) is 12.1 Å². The Kier molecular flexibility index (Phi) is 6.95. The SMILES string of the molecule is CC(=O)NC(CCSCCc1ccncc1)C(=O)O. The molecule has 5 nitrogen and oxygen atoms in total. The normalized spacial score (nSPS) is 11.8. The molecule has 6 heteroatoms. The Morgan fingerprint density at radius 2 is 2.05 bits per heavy atom. The van der Waals surface area contributed by atoms with Crippen LogP contribution in [-0.4, -0.2) is 39.5 Å². The molecule has 2 N–H and O–H groups in total. The molecular weight excluding hydrogens is 264 g/mol. The van der Waals surface area contributed by atoms with Gasteiger partial charge in [-0.1, -0.05) is 0 Å². The van der Waals surface area contributed by atoms with E-state index in [9.17, 15) is 9.59 Å². The fourth-order valence-electron chi connectivity index (χ4n) is 1.55. The van der Waals surface area contributed by atoms with Crippen molar-refractivity contribution in [1.82, 2.24) is 10.3 Å². The Labute approximate surface area is 116 Å². The summed E-state index contributed by atoms with van der Waals surface area (Å²) in [5.41, 5.74) is 1.22. The number of hydrogen-bond donors (Lipinski definition) is 2. The Balaban J connectivity index is 2.18. The molecule has 0 spiro atoms. The highest BCUT2D eigenvalue weighted by Crippen LogP contribution is 2.09. The van der Waals surface area contributed by atoms with Gasteiger partial charge in [0.25, 0.3) is 0 Å². The maximum absolute atomic E-state index is 10.9. The summed E-state index contributed by atoms with van der Waals surface area (Å²) in [5, 5.41) is 11.4. The van der Waals surface area contributed by atoms with Crippen LogP contribution in [0.15, 0.2) is 24.5 Å². The van der Waals surface area contributed by atoms with E-state index in [1.54, 1.807) is 24.2 Å². The number of pyridine rings is 1. The molecule has 0 saturated heterocycles. The second kappa shape index (κ2) is 8.53. The van der Waals surface area contributed by atoms with Crippen molar-refractivity contribution in [1.29, 1.82) is 0 Å². The molecule has 1 aromatic heterocycles. The minimum atomic E-state index is -0.982. The fourth-order valence-corrected chi connectivity index (χ4v) is 2.53. The summed E-state index contributed by atoms with van der Waals surface area (Å²) >= 11 is 1.69. The highest BCUT2D eigenvalue weighted by molar-refractivity contribution is 7.99. The topological polar surface area (TPSA) is 79.3 Å². The Morgan fingerprint density at radius 3 is 2.63 bits per heavy atom. The molecule has 0 saturated carbocycles. The lowest BCUT2D eigenvalue weighted by molar-refractivity contribution is -0.141. The molecule has 0 bridgehead atoms. The number of thioether (sulfide) groups is 1. The largest absolute Gasteiger partial charge is 0.480 e. The summed E-state index contributed by atoms with van der Waals surface area (Å²) in [6.07, 6.45) is 4.90. The van der Waals surface area contributed by atoms with E-state index in [0.29, 0.717) is 12.2 Å². The van der Waals surface area contributed by atoms with Gasteiger partial charge in [0, 0.05) is 19.3 Å². The number of nitrogens with zero attached hydrogens (tertiary/aromatic N) is 1. The zero-order valence-electron chi connectivity index (χ0n) is 10.8. The van der Waals surface area contributed by atoms with Crippen LogP contribution in [0.1, 0.15) is 18.9 Å². The molecule has 0 aliphatic heterocycles. The number of aryl methyl sites for hydroxylation is 1. The van der Waals surface area contributed by atoms with E-state index in [-0.39, 0.29) is 5.91 Å². The number of carboxylic acids is 1. The zero-order chi connectivity index (χ0) is 14.1. The van der Waals surface area contributed by atoms with Crippen LogP contribution < -0.4 is 5.32 Å². The Bertz CT molecular complexity index is 412. The van der Waals surface area contributed by atoms with Crippen molar-refractivity contribution < 1.29 is 14.7 Å². The molecule has 19 heavy (non-hydrogen) atoms. The highest BCUT2D eigenvalue weighted by atomic mass is 32.2. The molecule has 104 valence electrons. The number of carboxylic acid groups (broad SMARTS) is 1. The quantitative estimate of drug-likeness (QED) is 0.703. The monoisotopic (exact) mass is 282 g/mol. The van der Waals surface area contributed by atoms with Gasteiger partial charge in [-0.25, -0.2) is 4.79 Å². The lowest BCUT2D eigenvalue weighted by Gasteiger charge is -2.12. The van der Waals surface area contributed by atoms with Crippen molar-refractivity contribution >= 4 is 23.6 Å². The van der Waals surface area contributed by atoms with Gasteiger partial charge in [-0.15, -0.1) is 0 Å². The summed E-state index contributed by atoms with van der Waals surface area (Å²) in [7, 11) is 0. The van der Waals surface area contributed by atoms with Crippen LogP contribution in [0.2, 0.25) is 0 Å². The average Bonchev–Trinajstić information content (AvgIpc) is 2.37. The summed E-state index contributed by atoms with van der Waals surface area (Å²) in [6.45, 7) is 1.33. The van der Waals surface area contributed by atoms with Crippen molar-refractivity contribution in [3.63, 3.8) is 0 Å². The van der Waals surface area contributed by atoms with Crippen LogP contribution in [0, 0.1) is 0 Å². The van der Waals surface area contributed by atoms with Crippen molar-refractivity contribution in [3.05, 3.63) is 30.1 Å². The van der Waals surface area contributed by atoms with E-state index in [1.165, 1.54) is 12.5 Å². The highest BCUT2D eigenvalue weighted by Gasteiger charge is 2.17. The van der Waals surface area contributed by atoms with Crippen LogP contribution in [-0.2, 0) is 16.0 Å². The smallest absolute Gasteiger partial charge is 0.326 e. The molecule has 0 radical (unpaired) electrons. The molecule has 1 unspecified atom stereocenters. The summed E-state index contributed by atoms with van der Waals surface area (Å²) < 4.78 is 0. The van der Waals surface area contributed by atoms with Gasteiger partial charge in [-0.3, -0.25) is 9.78 Å². The van der Waals surface area contributed by atoms with Gasteiger partial charge in [0.05, 0.1) is 0 Å². The standard InChI is InChI=1S/C13H18N2O3S/c1-10(16)15-12(13(17)18)5-9-19-8-4-11-2-6-14-7-3-11/h2-3,6-7,12H,4-5,8-9H2,1H3,(H,15,16)(H,17,18). The molecule has 1 amide bonds. The van der Waals surface area contributed by atoms with Crippen LogP contribution in [0.25, 0.3) is 0 Å². The third-order valence-corrected chi connectivity index (χ3v) is 3.53.